The van der Waals surface area contributed by atoms with Gasteiger partial charge in [0.1, 0.15) is 5.58 Å². The molecule has 100 valence electrons. The van der Waals surface area contributed by atoms with Crippen molar-refractivity contribution in [3.63, 3.8) is 0 Å². The maximum absolute atomic E-state index is 11.8. The normalized spacial score (nSPS) is 10.6. The Morgan fingerprint density at radius 1 is 1.26 bits per heavy atom. The Morgan fingerprint density at radius 3 is 2.84 bits per heavy atom. The Balaban J connectivity index is 2.16. The van der Waals surface area contributed by atoms with Gasteiger partial charge in [-0.15, -0.1) is 0 Å². The van der Waals surface area contributed by atoms with E-state index in [1.54, 1.807) is 24.3 Å². The third-order valence-electron chi connectivity index (χ3n) is 2.75. The number of carbonyl (C=O) groups is 1. The highest BCUT2D eigenvalue weighted by Gasteiger charge is 2.11. The number of amides is 1. The number of nitrogens with one attached hydrogen (secondary N) is 2. The van der Waals surface area contributed by atoms with Crippen LogP contribution < -0.4 is 16.1 Å². The van der Waals surface area contributed by atoms with E-state index in [1.807, 2.05) is 7.05 Å². The van der Waals surface area contributed by atoms with E-state index in [9.17, 15) is 9.59 Å². The third-order valence-corrected chi connectivity index (χ3v) is 2.75. The van der Waals surface area contributed by atoms with Gasteiger partial charge in [0, 0.05) is 12.6 Å². The Hall–Kier alpha value is -2.14. The number of benzene rings is 1. The van der Waals surface area contributed by atoms with Crippen molar-refractivity contribution in [2.45, 2.75) is 6.42 Å². The fourth-order valence-corrected chi connectivity index (χ4v) is 1.77. The first-order valence-electron chi connectivity index (χ1n) is 6.18. The molecule has 2 rings (SSSR count). The number of hydrogen-bond donors (Lipinski definition) is 2. The molecule has 2 aromatic rings. The summed E-state index contributed by atoms with van der Waals surface area (Å²) in [7, 11) is 1.85. The van der Waals surface area contributed by atoms with Crippen LogP contribution in [0.15, 0.2) is 39.5 Å². The lowest BCUT2D eigenvalue weighted by Crippen LogP contribution is -2.27. The maximum Gasteiger partial charge on any atom is 0.287 e. The highest BCUT2D eigenvalue weighted by Crippen LogP contribution is 2.11. The average molecular weight is 260 g/mol. The molecule has 0 aliphatic heterocycles. The molecule has 0 radical (unpaired) electrons. The number of para-hydroxylation sites is 1. The number of carbonyl (C=O) groups excluding carboxylic acids is 1. The minimum Gasteiger partial charge on any atom is -0.451 e. The van der Waals surface area contributed by atoms with Gasteiger partial charge >= 0.3 is 0 Å². The van der Waals surface area contributed by atoms with Crippen LogP contribution in [0.1, 0.15) is 17.0 Å². The van der Waals surface area contributed by atoms with Crippen LogP contribution in [0.25, 0.3) is 11.0 Å². The molecule has 19 heavy (non-hydrogen) atoms. The first-order chi connectivity index (χ1) is 9.22. The van der Waals surface area contributed by atoms with Gasteiger partial charge in [0.2, 0.25) is 0 Å². The molecule has 1 heterocycles. The lowest BCUT2D eigenvalue weighted by Gasteiger charge is -2.05. The molecule has 0 saturated heterocycles. The highest BCUT2D eigenvalue weighted by atomic mass is 16.3. The number of fused-ring (bicyclic) bond motifs is 1. The second-order valence-corrected chi connectivity index (χ2v) is 4.18. The molecule has 0 saturated carbocycles. The van der Waals surface area contributed by atoms with Gasteiger partial charge in [-0.05, 0) is 32.1 Å². The second-order valence-electron chi connectivity index (χ2n) is 4.18. The molecule has 0 unspecified atom stereocenters. The van der Waals surface area contributed by atoms with Gasteiger partial charge in [-0.1, -0.05) is 12.1 Å². The van der Waals surface area contributed by atoms with Gasteiger partial charge in [0.25, 0.3) is 5.91 Å². The van der Waals surface area contributed by atoms with Crippen molar-refractivity contribution >= 4 is 16.9 Å². The highest BCUT2D eigenvalue weighted by molar-refractivity contribution is 5.93. The molecule has 0 aliphatic carbocycles. The van der Waals surface area contributed by atoms with Gasteiger partial charge in [0.15, 0.2) is 11.2 Å². The SMILES string of the molecule is CNCCCNC(=O)c1cc(=O)c2ccccc2o1. The van der Waals surface area contributed by atoms with Gasteiger partial charge in [-0.3, -0.25) is 9.59 Å². The molecule has 1 aromatic heterocycles. The zero-order valence-electron chi connectivity index (χ0n) is 10.7. The summed E-state index contributed by atoms with van der Waals surface area (Å²) in [4.78, 5) is 23.7. The molecule has 0 atom stereocenters. The van der Waals surface area contributed by atoms with Crippen molar-refractivity contribution in [2.24, 2.45) is 0 Å². The molecule has 5 nitrogen and oxygen atoms in total. The van der Waals surface area contributed by atoms with Crippen LogP contribution >= 0.6 is 0 Å². The van der Waals surface area contributed by atoms with Gasteiger partial charge in [-0.25, -0.2) is 0 Å². The first-order valence-corrected chi connectivity index (χ1v) is 6.18. The molecule has 5 heteroatoms. The Kier molecular flexibility index (Phi) is 4.30. The van der Waals surface area contributed by atoms with Gasteiger partial charge in [-0.2, -0.15) is 0 Å². The van der Waals surface area contributed by atoms with E-state index in [0.717, 1.165) is 13.0 Å². The lowest BCUT2D eigenvalue weighted by molar-refractivity contribution is 0.0926. The lowest BCUT2D eigenvalue weighted by atomic mass is 10.2. The van der Waals surface area contributed by atoms with Crippen molar-refractivity contribution in [1.29, 1.82) is 0 Å². The summed E-state index contributed by atoms with van der Waals surface area (Å²) in [5.41, 5.74) is 0.220. The van der Waals surface area contributed by atoms with Crippen LogP contribution in [-0.4, -0.2) is 26.0 Å². The first kappa shape index (κ1) is 13.3. The average Bonchev–Trinajstić information content (AvgIpc) is 2.43. The summed E-state index contributed by atoms with van der Waals surface area (Å²) in [5.74, 6) is -0.313. The molecule has 2 N–H and O–H groups in total. The quantitative estimate of drug-likeness (QED) is 0.791. The minimum absolute atomic E-state index is 0.0492. The Morgan fingerprint density at radius 2 is 2.05 bits per heavy atom. The Labute approximate surface area is 110 Å². The largest absolute Gasteiger partial charge is 0.451 e. The van der Waals surface area contributed by atoms with Crippen LogP contribution in [-0.2, 0) is 0 Å². The van der Waals surface area contributed by atoms with E-state index in [0.29, 0.717) is 17.5 Å². The summed E-state index contributed by atoms with van der Waals surface area (Å²) >= 11 is 0. The number of rotatable bonds is 5. The summed E-state index contributed by atoms with van der Waals surface area (Å²) in [6, 6.07) is 8.11. The third kappa shape index (κ3) is 3.20. The predicted octanol–water partition coefficient (Wildman–Crippen LogP) is 1.13. The monoisotopic (exact) mass is 260 g/mol. The maximum atomic E-state index is 11.8. The van der Waals surface area contributed by atoms with Crippen LogP contribution in [0.2, 0.25) is 0 Å². The van der Waals surface area contributed by atoms with E-state index in [4.69, 9.17) is 4.42 Å². The summed E-state index contributed by atoms with van der Waals surface area (Å²) in [6.07, 6.45) is 0.819. The molecular formula is C14H16N2O3. The van der Waals surface area contributed by atoms with E-state index in [2.05, 4.69) is 10.6 Å². The van der Waals surface area contributed by atoms with Crippen LogP contribution in [0.3, 0.4) is 0 Å². The van der Waals surface area contributed by atoms with Crippen LogP contribution in [0, 0.1) is 0 Å². The smallest absolute Gasteiger partial charge is 0.287 e. The summed E-state index contributed by atoms with van der Waals surface area (Å²) in [6.45, 7) is 1.36. The fourth-order valence-electron chi connectivity index (χ4n) is 1.77. The van der Waals surface area contributed by atoms with Crippen LogP contribution in [0.5, 0.6) is 0 Å². The molecule has 0 aliphatic rings. The zero-order valence-corrected chi connectivity index (χ0v) is 10.7. The van der Waals surface area contributed by atoms with Gasteiger partial charge < -0.3 is 15.1 Å². The molecule has 1 aromatic carbocycles. The van der Waals surface area contributed by atoms with E-state index < -0.39 is 0 Å². The molecule has 0 spiro atoms. The molecule has 0 fully saturated rings. The van der Waals surface area contributed by atoms with Crippen LogP contribution in [0.4, 0.5) is 0 Å². The van der Waals surface area contributed by atoms with Crippen molar-refractivity contribution in [3.8, 4) is 0 Å². The molecule has 0 bridgehead atoms. The van der Waals surface area contributed by atoms with Crippen molar-refractivity contribution in [3.05, 3.63) is 46.3 Å². The van der Waals surface area contributed by atoms with E-state index >= 15 is 0 Å². The second kappa shape index (κ2) is 6.15. The van der Waals surface area contributed by atoms with Crippen molar-refractivity contribution < 1.29 is 9.21 Å². The number of hydrogen-bond acceptors (Lipinski definition) is 4. The topological polar surface area (TPSA) is 71.3 Å². The van der Waals surface area contributed by atoms with E-state index in [-0.39, 0.29) is 17.1 Å². The summed E-state index contributed by atoms with van der Waals surface area (Å²) < 4.78 is 5.43. The fraction of sp³-hybridized carbons (Fsp3) is 0.286. The Bertz CT molecular complexity index is 634. The van der Waals surface area contributed by atoms with Crippen molar-refractivity contribution in [1.82, 2.24) is 10.6 Å². The van der Waals surface area contributed by atoms with Gasteiger partial charge in [0.05, 0.1) is 5.39 Å². The summed E-state index contributed by atoms with van der Waals surface area (Å²) in [5, 5.41) is 6.18. The predicted molar refractivity (Wildman–Crippen MR) is 73.4 cm³/mol. The molecule has 1 amide bonds. The molecular weight excluding hydrogens is 244 g/mol. The van der Waals surface area contributed by atoms with E-state index in [1.165, 1.54) is 6.07 Å². The standard InChI is InChI=1S/C14H16N2O3/c1-15-7-4-8-16-14(18)13-9-11(17)10-5-2-3-6-12(10)19-13/h2-3,5-6,9,15H,4,7-8H2,1H3,(H,16,18). The van der Waals surface area contributed by atoms with Crippen molar-refractivity contribution in [2.75, 3.05) is 20.1 Å². The minimum atomic E-state index is -0.362. The zero-order chi connectivity index (χ0) is 13.7.